The van der Waals surface area contributed by atoms with E-state index >= 15 is 0 Å². The summed E-state index contributed by atoms with van der Waals surface area (Å²) in [5, 5.41) is 11.7. The SMILES string of the molecule is COCCN(C)CCNCCCCC#N. The molecular formula is C11H23N3O. The summed E-state index contributed by atoms with van der Waals surface area (Å²) in [6, 6.07) is 2.15. The molecule has 0 fully saturated rings. The van der Waals surface area contributed by atoms with Gasteiger partial charge in [0.1, 0.15) is 0 Å². The number of unbranched alkanes of at least 4 members (excludes halogenated alkanes) is 2. The highest BCUT2D eigenvalue weighted by Crippen LogP contribution is 1.91. The summed E-state index contributed by atoms with van der Waals surface area (Å²) in [6.45, 7) is 4.83. The molecule has 0 amide bonds. The molecule has 0 unspecified atom stereocenters. The summed E-state index contributed by atoms with van der Waals surface area (Å²) in [5.74, 6) is 0. The third-order valence-corrected chi connectivity index (χ3v) is 2.24. The van der Waals surface area contributed by atoms with Crippen molar-refractivity contribution in [2.24, 2.45) is 0 Å². The number of methoxy groups -OCH3 is 1. The Labute approximate surface area is 93.2 Å². The van der Waals surface area contributed by atoms with Crippen LogP contribution < -0.4 is 5.32 Å². The molecule has 0 aliphatic rings. The normalized spacial score (nSPS) is 10.5. The number of nitrogens with zero attached hydrogens (tertiary/aromatic N) is 2. The third-order valence-electron chi connectivity index (χ3n) is 2.24. The topological polar surface area (TPSA) is 48.3 Å². The van der Waals surface area contributed by atoms with E-state index in [1.165, 1.54) is 0 Å². The lowest BCUT2D eigenvalue weighted by Crippen LogP contribution is -2.31. The largest absolute Gasteiger partial charge is 0.383 e. The molecule has 0 atom stereocenters. The average Bonchev–Trinajstić information content (AvgIpc) is 2.25. The molecule has 0 aromatic rings. The number of rotatable bonds is 10. The van der Waals surface area contributed by atoms with Crippen LogP contribution in [0, 0.1) is 11.3 Å². The van der Waals surface area contributed by atoms with Crippen LogP contribution in [0.15, 0.2) is 0 Å². The molecule has 0 spiro atoms. The van der Waals surface area contributed by atoms with Gasteiger partial charge in [-0.05, 0) is 26.4 Å². The molecule has 4 nitrogen and oxygen atoms in total. The Morgan fingerprint density at radius 1 is 1.27 bits per heavy atom. The molecule has 0 radical (unpaired) electrons. The first-order valence-electron chi connectivity index (χ1n) is 5.56. The van der Waals surface area contributed by atoms with Crippen molar-refractivity contribution in [3.8, 4) is 6.07 Å². The number of ether oxygens (including phenoxy) is 1. The van der Waals surface area contributed by atoms with E-state index in [1.807, 2.05) is 0 Å². The zero-order chi connectivity index (χ0) is 11.4. The first-order chi connectivity index (χ1) is 7.31. The molecule has 88 valence electrons. The molecule has 0 aliphatic carbocycles. The Hall–Kier alpha value is -0.630. The molecule has 0 bridgehead atoms. The standard InChI is InChI=1S/C11H23N3O/c1-14(10-11-15-2)9-8-13-7-5-3-4-6-12/h13H,3-5,7-11H2,1-2H3. The molecule has 4 heteroatoms. The second kappa shape index (κ2) is 11.4. The van der Waals surface area contributed by atoms with Gasteiger partial charge < -0.3 is 15.0 Å². The van der Waals surface area contributed by atoms with E-state index < -0.39 is 0 Å². The van der Waals surface area contributed by atoms with Crippen LogP contribution in [-0.2, 0) is 4.74 Å². The van der Waals surface area contributed by atoms with Crippen molar-refractivity contribution >= 4 is 0 Å². The van der Waals surface area contributed by atoms with Gasteiger partial charge >= 0.3 is 0 Å². The second-order valence-electron chi connectivity index (χ2n) is 3.66. The van der Waals surface area contributed by atoms with E-state index in [1.54, 1.807) is 7.11 Å². The Bertz CT molecular complexity index is 168. The fraction of sp³-hybridized carbons (Fsp3) is 0.909. The maximum absolute atomic E-state index is 8.34. The third kappa shape index (κ3) is 11.3. The highest BCUT2D eigenvalue weighted by atomic mass is 16.5. The van der Waals surface area contributed by atoms with Crippen LogP contribution in [0.3, 0.4) is 0 Å². The molecule has 0 saturated carbocycles. The predicted molar refractivity (Wildman–Crippen MR) is 61.7 cm³/mol. The fourth-order valence-electron chi connectivity index (χ4n) is 1.21. The van der Waals surface area contributed by atoms with Crippen molar-refractivity contribution in [3.63, 3.8) is 0 Å². The molecule has 0 aliphatic heterocycles. The molecule has 0 rings (SSSR count). The molecule has 0 heterocycles. The van der Waals surface area contributed by atoms with Gasteiger partial charge in [0.15, 0.2) is 0 Å². The Morgan fingerprint density at radius 3 is 2.73 bits per heavy atom. The maximum Gasteiger partial charge on any atom is 0.0621 e. The predicted octanol–water partition coefficient (Wildman–Crippen LogP) is 0.848. The molecule has 15 heavy (non-hydrogen) atoms. The van der Waals surface area contributed by atoms with Crippen molar-refractivity contribution in [3.05, 3.63) is 0 Å². The summed E-state index contributed by atoms with van der Waals surface area (Å²) in [6.07, 6.45) is 2.77. The second-order valence-corrected chi connectivity index (χ2v) is 3.66. The van der Waals surface area contributed by atoms with E-state index in [0.717, 1.165) is 45.6 Å². The highest BCUT2D eigenvalue weighted by molar-refractivity contribution is 4.68. The molecular weight excluding hydrogens is 190 g/mol. The van der Waals surface area contributed by atoms with Crippen LogP contribution in [0.5, 0.6) is 0 Å². The number of hydrogen-bond donors (Lipinski definition) is 1. The van der Waals surface area contributed by atoms with Gasteiger partial charge in [0.05, 0.1) is 12.7 Å². The lowest BCUT2D eigenvalue weighted by Gasteiger charge is -2.15. The van der Waals surface area contributed by atoms with Crippen molar-refractivity contribution in [2.75, 3.05) is 46.9 Å². The molecule has 1 N–H and O–H groups in total. The Kier molecular flexibility index (Phi) is 11.0. The van der Waals surface area contributed by atoms with Crippen molar-refractivity contribution in [1.29, 1.82) is 5.26 Å². The molecule has 0 saturated heterocycles. The summed E-state index contributed by atoms with van der Waals surface area (Å²) in [7, 11) is 3.82. The van der Waals surface area contributed by atoms with Gasteiger partial charge in [0.2, 0.25) is 0 Å². The number of hydrogen-bond acceptors (Lipinski definition) is 4. The Balaban J connectivity index is 3.06. The van der Waals surface area contributed by atoms with Crippen molar-refractivity contribution in [2.45, 2.75) is 19.3 Å². The average molecular weight is 213 g/mol. The minimum absolute atomic E-state index is 0.676. The zero-order valence-corrected chi connectivity index (χ0v) is 9.96. The van der Waals surface area contributed by atoms with E-state index in [2.05, 4.69) is 23.3 Å². The maximum atomic E-state index is 8.34. The summed E-state index contributed by atoms with van der Waals surface area (Å²) in [5.41, 5.74) is 0. The number of nitrogens with one attached hydrogen (secondary N) is 1. The summed E-state index contributed by atoms with van der Waals surface area (Å²) >= 11 is 0. The van der Waals surface area contributed by atoms with Gasteiger partial charge in [-0.15, -0.1) is 0 Å². The quantitative estimate of drug-likeness (QED) is 0.547. The monoisotopic (exact) mass is 213 g/mol. The number of likely N-dealkylation sites (N-methyl/N-ethyl adjacent to an activating group) is 1. The summed E-state index contributed by atoms with van der Waals surface area (Å²) < 4.78 is 4.99. The van der Waals surface area contributed by atoms with E-state index in [9.17, 15) is 0 Å². The Morgan fingerprint density at radius 2 is 2.07 bits per heavy atom. The van der Waals surface area contributed by atoms with Gasteiger partial charge in [0, 0.05) is 33.2 Å². The first kappa shape index (κ1) is 14.4. The van der Waals surface area contributed by atoms with Crippen molar-refractivity contribution < 1.29 is 4.74 Å². The van der Waals surface area contributed by atoms with Crippen LogP contribution >= 0.6 is 0 Å². The smallest absolute Gasteiger partial charge is 0.0621 e. The summed E-state index contributed by atoms with van der Waals surface area (Å²) in [4.78, 5) is 2.24. The van der Waals surface area contributed by atoms with Gasteiger partial charge in [-0.25, -0.2) is 0 Å². The lowest BCUT2D eigenvalue weighted by atomic mass is 10.2. The van der Waals surface area contributed by atoms with Gasteiger partial charge in [-0.3, -0.25) is 0 Å². The molecule has 0 aromatic heterocycles. The van der Waals surface area contributed by atoms with Crippen molar-refractivity contribution in [1.82, 2.24) is 10.2 Å². The molecule has 0 aromatic carbocycles. The van der Waals surface area contributed by atoms with E-state index in [4.69, 9.17) is 10.00 Å². The number of nitriles is 1. The van der Waals surface area contributed by atoms with Crippen LogP contribution in [0.25, 0.3) is 0 Å². The minimum atomic E-state index is 0.676. The zero-order valence-electron chi connectivity index (χ0n) is 9.96. The van der Waals surface area contributed by atoms with E-state index in [-0.39, 0.29) is 0 Å². The van der Waals surface area contributed by atoms with E-state index in [0.29, 0.717) is 6.42 Å². The van der Waals surface area contributed by atoms with Crippen LogP contribution in [0.1, 0.15) is 19.3 Å². The van der Waals surface area contributed by atoms with Gasteiger partial charge in [-0.1, -0.05) is 0 Å². The highest BCUT2D eigenvalue weighted by Gasteiger charge is 1.96. The van der Waals surface area contributed by atoms with Crippen LogP contribution in [-0.4, -0.2) is 51.8 Å². The van der Waals surface area contributed by atoms with Crippen LogP contribution in [0.4, 0.5) is 0 Å². The fourth-order valence-corrected chi connectivity index (χ4v) is 1.21. The minimum Gasteiger partial charge on any atom is -0.383 e. The van der Waals surface area contributed by atoms with Crippen LogP contribution in [0.2, 0.25) is 0 Å². The lowest BCUT2D eigenvalue weighted by molar-refractivity contribution is 0.161. The van der Waals surface area contributed by atoms with Gasteiger partial charge in [-0.2, -0.15) is 5.26 Å². The first-order valence-corrected chi connectivity index (χ1v) is 5.56. The van der Waals surface area contributed by atoms with Gasteiger partial charge in [0.25, 0.3) is 0 Å².